The monoisotopic (exact) mass is 424 g/mol. The third-order valence-corrected chi connectivity index (χ3v) is 6.36. The molecule has 1 amide bonds. The number of imidazole rings is 1. The van der Waals surface area contributed by atoms with E-state index in [4.69, 9.17) is 0 Å². The van der Waals surface area contributed by atoms with Gasteiger partial charge in [0.15, 0.2) is 0 Å². The Kier molecular flexibility index (Phi) is 4.15. The number of fused-ring (bicyclic) bond motifs is 6. The average Bonchev–Trinajstić information content (AvgIpc) is 3.38. The molecule has 5 nitrogen and oxygen atoms in total. The van der Waals surface area contributed by atoms with Gasteiger partial charge in [-0.25, -0.2) is 9.37 Å². The van der Waals surface area contributed by atoms with Crippen LogP contribution in [0.1, 0.15) is 22.9 Å². The number of nitrogens with zero attached hydrogens (tertiary/aromatic N) is 2. The molecule has 1 aliphatic rings. The van der Waals surface area contributed by atoms with Crippen molar-refractivity contribution in [1.82, 2.24) is 19.9 Å². The minimum atomic E-state index is -0.398. The molecule has 0 saturated heterocycles. The number of amides is 1. The van der Waals surface area contributed by atoms with Crippen LogP contribution in [0.3, 0.4) is 0 Å². The van der Waals surface area contributed by atoms with E-state index >= 15 is 0 Å². The molecule has 2 aromatic heterocycles. The summed E-state index contributed by atoms with van der Waals surface area (Å²) in [6.45, 7) is 0.373. The first-order valence-electron chi connectivity index (χ1n) is 10.7. The number of likely N-dealkylation sites (N-methyl/N-ethyl adjacent to an activating group) is 1. The Bertz CT molecular complexity index is 1470. The number of nitrogens with one attached hydrogen (secondary N) is 2. The lowest BCUT2D eigenvalue weighted by Gasteiger charge is -2.28. The molecule has 6 heteroatoms. The second-order valence-electron chi connectivity index (χ2n) is 8.41. The van der Waals surface area contributed by atoms with E-state index in [2.05, 4.69) is 27.1 Å². The molecule has 1 aliphatic carbocycles. The standard InChI is InChI=1S/C26H21FN4O/c1-31(14-23-28-21-8-4-5-9-22(21)29-23)26(32)19-12-15-6-2-3-7-17(15)25-24(19)18-13-16(27)10-11-20(18)30-25/h2-11,13,19,30H,12,14H2,1H3,(H,28,29). The fraction of sp³-hybridized carbons (Fsp3) is 0.154. The topological polar surface area (TPSA) is 64.8 Å². The van der Waals surface area contributed by atoms with Crippen LogP contribution in [-0.4, -0.2) is 32.8 Å². The summed E-state index contributed by atoms with van der Waals surface area (Å²) in [5, 5.41) is 0.769. The SMILES string of the molecule is CN(Cc1nc2ccccc2[nH]1)C(=O)C1Cc2ccccc2-c2[nH]c3ccc(F)cc3c21. The zero-order valence-corrected chi connectivity index (χ0v) is 17.5. The molecule has 0 spiro atoms. The van der Waals surface area contributed by atoms with E-state index in [1.54, 1.807) is 18.0 Å². The van der Waals surface area contributed by atoms with Gasteiger partial charge in [0, 0.05) is 23.5 Å². The van der Waals surface area contributed by atoms with Crippen LogP contribution in [0.4, 0.5) is 4.39 Å². The number of halogens is 1. The van der Waals surface area contributed by atoms with Gasteiger partial charge in [0.05, 0.1) is 29.2 Å². The number of H-pyrrole nitrogens is 2. The second-order valence-corrected chi connectivity index (χ2v) is 8.41. The number of rotatable bonds is 3. The first kappa shape index (κ1) is 18.8. The predicted octanol–water partition coefficient (Wildman–Crippen LogP) is 5.15. The number of benzene rings is 3. The molecule has 1 unspecified atom stereocenters. The first-order valence-corrected chi connectivity index (χ1v) is 10.7. The number of para-hydroxylation sites is 2. The number of carbonyl (C=O) groups is 1. The van der Waals surface area contributed by atoms with Crippen molar-refractivity contribution in [3.05, 3.63) is 89.5 Å². The van der Waals surface area contributed by atoms with Gasteiger partial charge < -0.3 is 14.9 Å². The van der Waals surface area contributed by atoms with Gasteiger partial charge in [-0.05, 0) is 47.9 Å². The highest BCUT2D eigenvalue weighted by Gasteiger charge is 2.34. The van der Waals surface area contributed by atoms with Crippen molar-refractivity contribution in [2.24, 2.45) is 0 Å². The summed E-state index contributed by atoms with van der Waals surface area (Å²) >= 11 is 0. The summed E-state index contributed by atoms with van der Waals surface area (Å²) in [6.07, 6.45) is 0.579. The van der Waals surface area contributed by atoms with E-state index < -0.39 is 5.92 Å². The third kappa shape index (κ3) is 2.91. The Labute approximate surface area is 183 Å². The Balaban J connectivity index is 1.41. The molecular formula is C26H21FN4O. The summed E-state index contributed by atoms with van der Waals surface area (Å²) < 4.78 is 14.1. The number of aromatic amines is 2. The number of aromatic nitrogens is 3. The molecule has 0 aliphatic heterocycles. The van der Waals surface area contributed by atoms with Crippen LogP contribution < -0.4 is 0 Å². The van der Waals surface area contributed by atoms with Crippen LogP contribution in [-0.2, 0) is 17.8 Å². The van der Waals surface area contributed by atoms with Crippen LogP contribution in [0.2, 0.25) is 0 Å². The molecule has 2 heterocycles. The van der Waals surface area contributed by atoms with Crippen LogP contribution in [0, 0.1) is 5.82 Å². The Morgan fingerprint density at radius 2 is 1.88 bits per heavy atom. The molecule has 5 aromatic rings. The minimum Gasteiger partial charge on any atom is -0.354 e. The van der Waals surface area contributed by atoms with Gasteiger partial charge in [-0.2, -0.15) is 0 Å². The van der Waals surface area contributed by atoms with Crippen molar-refractivity contribution < 1.29 is 9.18 Å². The molecule has 1 atom stereocenters. The fourth-order valence-corrected chi connectivity index (χ4v) is 4.88. The lowest BCUT2D eigenvalue weighted by atomic mass is 9.80. The molecule has 32 heavy (non-hydrogen) atoms. The molecule has 0 radical (unpaired) electrons. The van der Waals surface area contributed by atoms with Gasteiger partial charge in [0.1, 0.15) is 11.6 Å². The predicted molar refractivity (Wildman–Crippen MR) is 123 cm³/mol. The normalized spacial score (nSPS) is 15.0. The lowest BCUT2D eigenvalue weighted by Crippen LogP contribution is -2.34. The molecule has 6 rings (SSSR count). The van der Waals surface area contributed by atoms with Gasteiger partial charge in [0.2, 0.25) is 5.91 Å². The largest absolute Gasteiger partial charge is 0.354 e. The Morgan fingerprint density at radius 1 is 1.06 bits per heavy atom. The molecule has 158 valence electrons. The van der Waals surface area contributed by atoms with Crippen LogP contribution >= 0.6 is 0 Å². The van der Waals surface area contributed by atoms with E-state index in [1.165, 1.54) is 12.1 Å². The summed E-state index contributed by atoms with van der Waals surface area (Å²) in [6, 6.07) is 20.6. The zero-order valence-electron chi connectivity index (χ0n) is 17.5. The van der Waals surface area contributed by atoms with Crippen molar-refractivity contribution in [1.29, 1.82) is 0 Å². The average molecular weight is 424 g/mol. The van der Waals surface area contributed by atoms with Crippen molar-refractivity contribution in [2.75, 3.05) is 7.05 Å². The van der Waals surface area contributed by atoms with Crippen LogP contribution in [0.5, 0.6) is 0 Å². The van der Waals surface area contributed by atoms with Crippen molar-refractivity contribution in [3.63, 3.8) is 0 Å². The van der Waals surface area contributed by atoms with Gasteiger partial charge in [0.25, 0.3) is 0 Å². The number of hydrogen-bond acceptors (Lipinski definition) is 2. The zero-order chi connectivity index (χ0) is 21.8. The summed E-state index contributed by atoms with van der Waals surface area (Å²) in [5.41, 5.74) is 6.63. The first-order chi connectivity index (χ1) is 15.6. The third-order valence-electron chi connectivity index (χ3n) is 6.36. The maximum absolute atomic E-state index is 14.1. The van der Waals surface area contributed by atoms with Crippen molar-refractivity contribution in [2.45, 2.75) is 18.9 Å². The van der Waals surface area contributed by atoms with E-state index in [0.29, 0.717) is 13.0 Å². The Hall–Kier alpha value is -3.93. The van der Waals surface area contributed by atoms with Gasteiger partial charge >= 0.3 is 0 Å². The van der Waals surface area contributed by atoms with E-state index in [9.17, 15) is 9.18 Å². The molecule has 0 fully saturated rings. The summed E-state index contributed by atoms with van der Waals surface area (Å²) in [5.74, 6) is 0.0274. The van der Waals surface area contributed by atoms with Gasteiger partial charge in [-0.15, -0.1) is 0 Å². The van der Waals surface area contributed by atoms with Crippen LogP contribution in [0.25, 0.3) is 33.2 Å². The van der Waals surface area contributed by atoms with E-state index in [1.807, 2.05) is 36.4 Å². The highest BCUT2D eigenvalue weighted by atomic mass is 19.1. The van der Waals surface area contributed by atoms with Crippen molar-refractivity contribution in [3.8, 4) is 11.3 Å². The molecule has 2 N–H and O–H groups in total. The molecule has 3 aromatic carbocycles. The van der Waals surface area contributed by atoms with Gasteiger partial charge in [-0.1, -0.05) is 36.4 Å². The maximum Gasteiger partial charge on any atom is 0.230 e. The minimum absolute atomic E-state index is 0.00799. The smallest absolute Gasteiger partial charge is 0.230 e. The summed E-state index contributed by atoms with van der Waals surface area (Å²) in [4.78, 5) is 26.7. The maximum atomic E-state index is 14.1. The van der Waals surface area contributed by atoms with Gasteiger partial charge in [-0.3, -0.25) is 4.79 Å². The van der Waals surface area contributed by atoms with Crippen LogP contribution in [0.15, 0.2) is 66.7 Å². The highest BCUT2D eigenvalue weighted by Crippen LogP contribution is 2.44. The highest BCUT2D eigenvalue weighted by molar-refractivity contribution is 5.99. The van der Waals surface area contributed by atoms with Crippen molar-refractivity contribution >= 4 is 27.8 Å². The number of carbonyl (C=O) groups excluding carboxylic acids is 1. The fourth-order valence-electron chi connectivity index (χ4n) is 4.88. The second kappa shape index (κ2) is 7.05. The lowest BCUT2D eigenvalue weighted by molar-refractivity contribution is -0.132. The Morgan fingerprint density at radius 3 is 2.75 bits per heavy atom. The van der Waals surface area contributed by atoms with E-state index in [0.717, 1.165) is 50.1 Å². The molecule has 0 bridgehead atoms. The van der Waals surface area contributed by atoms with E-state index in [-0.39, 0.29) is 11.7 Å². The molecular weight excluding hydrogens is 403 g/mol. The molecule has 0 saturated carbocycles. The quantitative estimate of drug-likeness (QED) is 0.421. The summed E-state index contributed by atoms with van der Waals surface area (Å²) in [7, 11) is 1.80. The number of hydrogen-bond donors (Lipinski definition) is 2.